The largest absolute Gasteiger partial charge is 0.420 e. The molecular formula is C24H25F3N6O2. The van der Waals surface area contributed by atoms with Gasteiger partial charge in [-0.15, -0.1) is 0 Å². The van der Waals surface area contributed by atoms with Crippen LogP contribution in [0.3, 0.4) is 0 Å². The lowest BCUT2D eigenvalue weighted by atomic mass is 10.1. The third-order valence-corrected chi connectivity index (χ3v) is 5.80. The molecule has 2 heterocycles. The summed E-state index contributed by atoms with van der Waals surface area (Å²) in [5.74, 6) is -2.11. The monoisotopic (exact) mass is 486 g/mol. The summed E-state index contributed by atoms with van der Waals surface area (Å²) >= 11 is 0. The first-order valence-electron chi connectivity index (χ1n) is 11.0. The Morgan fingerprint density at radius 3 is 2.54 bits per heavy atom. The van der Waals surface area contributed by atoms with Crippen LogP contribution in [-0.2, 0) is 0 Å². The lowest BCUT2D eigenvalue weighted by Gasteiger charge is -2.39. The maximum atomic E-state index is 14.9. The van der Waals surface area contributed by atoms with E-state index in [4.69, 9.17) is 4.74 Å². The molecule has 2 aromatic carbocycles. The molecular weight excluding hydrogens is 461 g/mol. The molecule has 0 spiro atoms. The number of hydrogen-bond acceptors (Lipinski definition) is 7. The lowest BCUT2D eigenvalue weighted by Crippen LogP contribution is -2.50. The Morgan fingerprint density at radius 1 is 1.11 bits per heavy atom. The molecule has 0 aliphatic carbocycles. The van der Waals surface area contributed by atoms with Crippen molar-refractivity contribution in [1.82, 2.24) is 14.9 Å². The fourth-order valence-electron chi connectivity index (χ4n) is 3.68. The molecule has 8 nitrogen and oxygen atoms in total. The van der Waals surface area contributed by atoms with Crippen molar-refractivity contribution in [2.24, 2.45) is 0 Å². The van der Waals surface area contributed by atoms with Gasteiger partial charge < -0.3 is 19.9 Å². The third kappa shape index (κ3) is 5.80. The van der Waals surface area contributed by atoms with Crippen molar-refractivity contribution in [2.75, 3.05) is 48.8 Å². The highest BCUT2D eigenvalue weighted by atomic mass is 19.1. The molecule has 1 aromatic heterocycles. The molecule has 3 aromatic rings. The number of carbonyl (C=O) groups is 1. The number of carbonyl (C=O) groups excluding carboxylic acids is 1. The predicted molar refractivity (Wildman–Crippen MR) is 127 cm³/mol. The quantitative estimate of drug-likeness (QED) is 0.573. The van der Waals surface area contributed by atoms with E-state index >= 15 is 0 Å². The molecule has 4 rings (SSSR count). The van der Waals surface area contributed by atoms with Gasteiger partial charge in [0.15, 0.2) is 0 Å². The first-order chi connectivity index (χ1) is 16.7. The average molecular weight is 486 g/mol. The first-order valence-corrected chi connectivity index (χ1v) is 11.0. The van der Waals surface area contributed by atoms with Crippen molar-refractivity contribution >= 4 is 29.2 Å². The van der Waals surface area contributed by atoms with E-state index in [0.717, 1.165) is 36.7 Å². The molecule has 1 aliphatic heterocycles. The second-order valence-corrected chi connectivity index (χ2v) is 8.34. The van der Waals surface area contributed by atoms with Crippen LogP contribution in [0.4, 0.5) is 41.1 Å². The van der Waals surface area contributed by atoms with Gasteiger partial charge in [-0.2, -0.15) is 4.98 Å². The van der Waals surface area contributed by atoms with E-state index in [1.807, 2.05) is 4.90 Å². The highest BCUT2D eigenvalue weighted by Crippen LogP contribution is 2.26. The van der Waals surface area contributed by atoms with Crippen LogP contribution < -0.4 is 19.9 Å². The SMILES string of the molecule is CC1CN(c2ccc(Nc3nccc(N(C)C(=O)Oc4cc(F)cc(F)c4)n3)cc2F)CCN1C. The van der Waals surface area contributed by atoms with Gasteiger partial charge in [0.25, 0.3) is 0 Å². The number of aromatic nitrogens is 2. The zero-order chi connectivity index (χ0) is 25.1. The first kappa shape index (κ1) is 24.3. The molecule has 1 unspecified atom stereocenters. The topological polar surface area (TPSA) is 73.8 Å². The van der Waals surface area contributed by atoms with Crippen LogP contribution in [0.25, 0.3) is 0 Å². The molecule has 1 fully saturated rings. The molecule has 1 aliphatic rings. The smallest absolute Gasteiger partial charge is 0.410 e. The summed E-state index contributed by atoms with van der Waals surface area (Å²) in [6.07, 6.45) is 0.503. The Hall–Kier alpha value is -3.86. The molecule has 11 heteroatoms. The molecule has 1 amide bonds. The number of anilines is 4. The van der Waals surface area contributed by atoms with Gasteiger partial charge >= 0.3 is 6.09 Å². The third-order valence-electron chi connectivity index (χ3n) is 5.80. The van der Waals surface area contributed by atoms with Gasteiger partial charge in [0.2, 0.25) is 5.95 Å². The van der Waals surface area contributed by atoms with Crippen molar-refractivity contribution in [3.8, 4) is 5.75 Å². The summed E-state index contributed by atoms with van der Waals surface area (Å²) in [6, 6.07) is 9.04. The number of halogens is 3. The maximum absolute atomic E-state index is 14.9. The molecule has 0 bridgehead atoms. The van der Waals surface area contributed by atoms with Gasteiger partial charge in [-0.05, 0) is 38.2 Å². The Morgan fingerprint density at radius 2 is 1.86 bits per heavy atom. The van der Waals surface area contributed by atoms with E-state index in [2.05, 4.69) is 34.2 Å². The number of rotatable bonds is 5. The van der Waals surface area contributed by atoms with Crippen LogP contribution >= 0.6 is 0 Å². The Labute approximate surface area is 200 Å². The zero-order valence-electron chi connectivity index (χ0n) is 19.5. The van der Waals surface area contributed by atoms with Crippen molar-refractivity contribution in [3.05, 3.63) is 66.1 Å². The number of nitrogens with zero attached hydrogens (tertiary/aromatic N) is 5. The number of ether oxygens (including phenoxy) is 1. The summed E-state index contributed by atoms with van der Waals surface area (Å²) in [6.45, 7) is 4.43. The van der Waals surface area contributed by atoms with Crippen LogP contribution in [0.15, 0.2) is 48.7 Å². The Bertz CT molecular complexity index is 1210. The van der Waals surface area contributed by atoms with Crippen molar-refractivity contribution in [2.45, 2.75) is 13.0 Å². The number of piperazine rings is 1. The van der Waals surface area contributed by atoms with Gasteiger partial charge in [0.1, 0.15) is 29.0 Å². The van der Waals surface area contributed by atoms with Crippen LogP contribution in [0.1, 0.15) is 6.92 Å². The highest BCUT2D eigenvalue weighted by Gasteiger charge is 2.23. The normalized spacial score (nSPS) is 16.2. The van der Waals surface area contributed by atoms with E-state index in [1.165, 1.54) is 25.4 Å². The summed E-state index contributed by atoms with van der Waals surface area (Å²) in [7, 11) is 3.44. The predicted octanol–water partition coefficient (Wildman–Crippen LogP) is 4.41. The van der Waals surface area contributed by atoms with E-state index in [1.54, 1.807) is 12.1 Å². The number of likely N-dealkylation sites (N-methyl/N-ethyl adjacent to an activating group) is 1. The second kappa shape index (κ2) is 10.2. The maximum Gasteiger partial charge on any atom is 0.420 e. The van der Waals surface area contributed by atoms with E-state index in [9.17, 15) is 18.0 Å². The molecule has 0 radical (unpaired) electrons. The molecule has 1 N–H and O–H groups in total. The lowest BCUT2D eigenvalue weighted by molar-refractivity contribution is 0.208. The average Bonchev–Trinajstić information content (AvgIpc) is 2.80. The summed E-state index contributed by atoms with van der Waals surface area (Å²) in [5, 5.41) is 2.92. The summed E-state index contributed by atoms with van der Waals surface area (Å²) in [5.41, 5.74) is 0.965. The van der Waals surface area contributed by atoms with Crippen LogP contribution in [0.5, 0.6) is 5.75 Å². The Kier molecular flexibility index (Phi) is 7.06. The molecule has 35 heavy (non-hydrogen) atoms. The van der Waals surface area contributed by atoms with E-state index in [-0.39, 0.29) is 23.3 Å². The van der Waals surface area contributed by atoms with Crippen LogP contribution in [0.2, 0.25) is 0 Å². The minimum Gasteiger partial charge on any atom is -0.410 e. The number of hydrogen-bond donors (Lipinski definition) is 1. The standard InChI is InChI=1S/C24H25F3N6O2/c1-15-14-33(9-8-31(15)2)21-5-4-18(13-20(21)27)29-23-28-7-6-22(30-23)32(3)24(34)35-19-11-16(25)10-17(26)12-19/h4-7,10-13,15H,8-9,14H2,1-3H3,(H,28,29,30). The van der Waals surface area contributed by atoms with Crippen molar-refractivity contribution in [1.29, 1.82) is 0 Å². The highest BCUT2D eigenvalue weighted by molar-refractivity contribution is 5.87. The van der Waals surface area contributed by atoms with Gasteiger partial charge in [-0.1, -0.05) is 0 Å². The van der Waals surface area contributed by atoms with Crippen LogP contribution in [0, 0.1) is 17.5 Å². The van der Waals surface area contributed by atoms with Gasteiger partial charge in [-0.25, -0.2) is 22.9 Å². The Balaban J connectivity index is 1.44. The number of amides is 1. The van der Waals surface area contributed by atoms with Gasteiger partial charge in [0, 0.05) is 62.8 Å². The minimum atomic E-state index is -0.906. The fraction of sp³-hybridized carbons (Fsp3) is 0.292. The van der Waals surface area contributed by atoms with Gasteiger partial charge in [-0.3, -0.25) is 4.90 Å². The number of benzene rings is 2. The zero-order valence-corrected chi connectivity index (χ0v) is 19.5. The fourth-order valence-corrected chi connectivity index (χ4v) is 3.68. The van der Waals surface area contributed by atoms with Crippen molar-refractivity contribution in [3.63, 3.8) is 0 Å². The molecule has 184 valence electrons. The molecule has 1 saturated heterocycles. The summed E-state index contributed by atoms with van der Waals surface area (Å²) in [4.78, 5) is 26.1. The number of nitrogens with one attached hydrogen (secondary N) is 1. The van der Waals surface area contributed by atoms with E-state index in [0.29, 0.717) is 23.5 Å². The van der Waals surface area contributed by atoms with Gasteiger partial charge in [0.05, 0.1) is 5.69 Å². The molecule has 1 atom stereocenters. The van der Waals surface area contributed by atoms with Crippen LogP contribution in [-0.4, -0.2) is 60.7 Å². The summed E-state index contributed by atoms with van der Waals surface area (Å²) < 4.78 is 46.6. The molecule has 0 saturated carbocycles. The second-order valence-electron chi connectivity index (χ2n) is 8.34. The minimum absolute atomic E-state index is 0.124. The van der Waals surface area contributed by atoms with Crippen molar-refractivity contribution < 1.29 is 22.7 Å². The van der Waals surface area contributed by atoms with E-state index < -0.39 is 17.7 Å².